The molecule has 150 valence electrons. The number of nitrogens with zero attached hydrogens (tertiary/aromatic N) is 3. The van der Waals surface area contributed by atoms with Gasteiger partial charge in [-0.2, -0.15) is 0 Å². The van der Waals surface area contributed by atoms with E-state index in [1.807, 2.05) is 10.6 Å². The zero-order chi connectivity index (χ0) is 19.7. The monoisotopic (exact) mass is 406 g/mol. The minimum atomic E-state index is -1.07. The second-order valence-corrected chi connectivity index (χ2v) is 7.79. The molecule has 2 saturated heterocycles. The van der Waals surface area contributed by atoms with Crippen molar-refractivity contribution in [3.8, 4) is 0 Å². The Morgan fingerprint density at radius 1 is 1.29 bits per heavy atom. The number of nitrogens with one attached hydrogen (secondary N) is 1. The standard InChI is InChI=1S/C19H23ClN4O4/c20-13-3-4-15-14(10-13)21-18(24(15)11-12-5-8-28-9-6-12)22-17(25)16-2-1-7-23(16)19(26)27/h3-4,10,12,16H,1-2,5-9,11H2,(H,26,27)(H,21,22,25)/t16-/m0/s1. The quantitative estimate of drug-likeness (QED) is 0.812. The predicted molar refractivity (Wildman–Crippen MR) is 105 cm³/mol. The molecule has 4 rings (SSSR count). The second-order valence-electron chi connectivity index (χ2n) is 7.36. The molecule has 28 heavy (non-hydrogen) atoms. The van der Waals surface area contributed by atoms with Crippen molar-refractivity contribution in [2.45, 2.75) is 38.3 Å². The van der Waals surface area contributed by atoms with E-state index in [2.05, 4.69) is 10.3 Å². The van der Waals surface area contributed by atoms with Crippen LogP contribution in [0.4, 0.5) is 10.7 Å². The summed E-state index contributed by atoms with van der Waals surface area (Å²) in [5.41, 5.74) is 1.60. The van der Waals surface area contributed by atoms with Crippen LogP contribution in [0.15, 0.2) is 18.2 Å². The van der Waals surface area contributed by atoms with Crippen molar-refractivity contribution in [2.75, 3.05) is 25.1 Å². The summed E-state index contributed by atoms with van der Waals surface area (Å²) in [5.74, 6) is 0.528. The van der Waals surface area contributed by atoms with Crippen LogP contribution in [0.2, 0.25) is 5.02 Å². The number of halogens is 1. The molecule has 8 nitrogen and oxygen atoms in total. The SMILES string of the molecule is O=C(Nc1nc2cc(Cl)ccc2n1CC1CCOCC1)[C@@H]1CCCN1C(=O)O. The average Bonchev–Trinajstić information content (AvgIpc) is 3.28. The van der Waals surface area contributed by atoms with Gasteiger partial charge in [0.15, 0.2) is 0 Å². The summed E-state index contributed by atoms with van der Waals surface area (Å²) in [4.78, 5) is 29.9. The number of fused-ring (bicyclic) bond motifs is 1. The molecular weight excluding hydrogens is 384 g/mol. The Balaban J connectivity index is 1.62. The van der Waals surface area contributed by atoms with Crippen LogP contribution in [-0.4, -0.2) is 57.4 Å². The number of anilines is 1. The molecule has 1 atom stereocenters. The van der Waals surface area contributed by atoms with Gasteiger partial charge in [-0.25, -0.2) is 9.78 Å². The van der Waals surface area contributed by atoms with E-state index in [0.29, 0.717) is 48.3 Å². The fraction of sp³-hybridized carbons (Fsp3) is 0.526. The van der Waals surface area contributed by atoms with Crippen LogP contribution in [0.5, 0.6) is 0 Å². The maximum absolute atomic E-state index is 12.8. The van der Waals surface area contributed by atoms with Crippen LogP contribution in [0.1, 0.15) is 25.7 Å². The molecule has 0 spiro atoms. The van der Waals surface area contributed by atoms with Crippen LogP contribution in [-0.2, 0) is 16.1 Å². The fourth-order valence-electron chi connectivity index (χ4n) is 4.03. The number of rotatable bonds is 4. The van der Waals surface area contributed by atoms with Crippen molar-refractivity contribution < 1.29 is 19.4 Å². The van der Waals surface area contributed by atoms with E-state index in [1.54, 1.807) is 12.1 Å². The van der Waals surface area contributed by atoms with Gasteiger partial charge < -0.3 is 14.4 Å². The number of carboxylic acid groups (broad SMARTS) is 1. The maximum Gasteiger partial charge on any atom is 0.407 e. The molecule has 9 heteroatoms. The number of amides is 2. The molecule has 1 aromatic carbocycles. The lowest BCUT2D eigenvalue weighted by atomic mass is 10.0. The van der Waals surface area contributed by atoms with Gasteiger partial charge in [-0.05, 0) is 49.8 Å². The van der Waals surface area contributed by atoms with Gasteiger partial charge in [-0.15, -0.1) is 0 Å². The summed E-state index contributed by atoms with van der Waals surface area (Å²) in [5, 5.41) is 12.8. The second kappa shape index (κ2) is 7.97. The molecule has 0 saturated carbocycles. The first-order valence-corrected chi connectivity index (χ1v) is 9.94. The number of carbonyl (C=O) groups excluding carboxylic acids is 1. The Hall–Kier alpha value is -2.32. The normalized spacial score (nSPS) is 20.6. The van der Waals surface area contributed by atoms with Crippen LogP contribution in [0.25, 0.3) is 11.0 Å². The molecular formula is C19H23ClN4O4. The van der Waals surface area contributed by atoms with E-state index < -0.39 is 12.1 Å². The van der Waals surface area contributed by atoms with Crippen molar-refractivity contribution in [1.82, 2.24) is 14.5 Å². The van der Waals surface area contributed by atoms with Gasteiger partial charge in [0, 0.05) is 31.3 Å². The highest BCUT2D eigenvalue weighted by Gasteiger charge is 2.34. The van der Waals surface area contributed by atoms with Crippen molar-refractivity contribution in [2.24, 2.45) is 5.92 Å². The molecule has 2 aliphatic heterocycles. The molecule has 0 radical (unpaired) electrons. The van der Waals surface area contributed by atoms with Crippen LogP contribution in [0.3, 0.4) is 0 Å². The Bertz CT molecular complexity index is 893. The van der Waals surface area contributed by atoms with E-state index in [1.165, 1.54) is 4.90 Å². The summed E-state index contributed by atoms with van der Waals surface area (Å²) in [6.07, 6.45) is 2.04. The van der Waals surface area contributed by atoms with Crippen LogP contribution >= 0.6 is 11.6 Å². The minimum absolute atomic E-state index is 0.338. The van der Waals surface area contributed by atoms with Crippen molar-refractivity contribution in [1.29, 1.82) is 0 Å². The zero-order valence-corrected chi connectivity index (χ0v) is 16.2. The molecule has 1 aromatic heterocycles. The first kappa shape index (κ1) is 19.0. The Morgan fingerprint density at radius 2 is 2.07 bits per heavy atom. The van der Waals surface area contributed by atoms with Crippen molar-refractivity contribution >= 4 is 40.6 Å². The molecule has 2 N–H and O–H groups in total. The van der Waals surface area contributed by atoms with E-state index >= 15 is 0 Å². The third-order valence-corrected chi connectivity index (χ3v) is 5.76. The topological polar surface area (TPSA) is 96.7 Å². The van der Waals surface area contributed by atoms with E-state index in [0.717, 1.165) is 31.6 Å². The fourth-order valence-corrected chi connectivity index (χ4v) is 4.20. The summed E-state index contributed by atoms with van der Waals surface area (Å²) in [6, 6.07) is 4.79. The third kappa shape index (κ3) is 3.79. The Kier molecular flexibility index (Phi) is 5.41. The first-order valence-electron chi connectivity index (χ1n) is 9.57. The van der Waals surface area contributed by atoms with E-state index in [9.17, 15) is 14.7 Å². The smallest absolute Gasteiger partial charge is 0.407 e. The highest BCUT2D eigenvalue weighted by atomic mass is 35.5. The Morgan fingerprint density at radius 3 is 2.82 bits per heavy atom. The van der Waals surface area contributed by atoms with Crippen LogP contribution < -0.4 is 5.32 Å². The number of imidazole rings is 1. The summed E-state index contributed by atoms with van der Waals surface area (Å²) < 4.78 is 7.45. The van der Waals surface area contributed by atoms with Crippen molar-refractivity contribution in [3.63, 3.8) is 0 Å². The molecule has 2 aliphatic rings. The molecule has 2 fully saturated rings. The molecule has 3 heterocycles. The summed E-state index contributed by atoms with van der Waals surface area (Å²) >= 11 is 6.11. The third-order valence-electron chi connectivity index (χ3n) is 5.53. The Labute approximate surface area is 167 Å². The number of likely N-dealkylation sites (tertiary alicyclic amines) is 1. The lowest BCUT2D eigenvalue weighted by Gasteiger charge is -2.24. The number of hydrogen-bond donors (Lipinski definition) is 2. The van der Waals surface area contributed by atoms with Crippen LogP contribution in [0, 0.1) is 5.92 Å². The molecule has 2 amide bonds. The largest absolute Gasteiger partial charge is 0.465 e. The zero-order valence-electron chi connectivity index (χ0n) is 15.4. The summed E-state index contributed by atoms with van der Waals surface area (Å²) in [7, 11) is 0. The van der Waals surface area contributed by atoms with Gasteiger partial charge >= 0.3 is 6.09 Å². The number of carbonyl (C=O) groups is 2. The van der Waals surface area contributed by atoms with Crippen molar-refractivity contribution in [3.05, 3.63) is 23.2 Å². The average molecular weight is 407 g/mol. The maximum atomic E-state index is 12.8. The van der Waals surface area contributed by atoms with Gasteiger partial charge in [-0.3, -0.25) is 15.0 Å². The predicted octanol–water partition coefficient (Wildman–Crippen LogP) is 3.20. The highest BCUT2D eigenvalue weighted by Crippen LogP contribution is 2.27. The molecule has 2 aromatic rings. The first-order chi connectivity index (χ1) is 13.5. The number of ether oxygens (including phenoxy) is 1. The summed E-state index contributed by atoms with van der Waals surface area (Å²) in [6.45, 7) is 2.56. The molecule has 0 bridgehead atoms. The van der Waals surface area contributed by atoms with E-state index in [4.69, 9.17) is 16.3 Å². The molecule has 0 aliphatic carbocycles. The number of hydrogen-bond acceptors (Lipinski definition) is 4. The van der Waals surface area contributed by atoms with E-state index in [-0.39, 0.29) is 5.91 Å². The molecule has 0 unspecified atom stereocenters. The highest BCUT2D eigenvalue weighted by molar-refractivity contribution is 6.31. The van der Waals surface area contributed by atoms with Gasteiger partial charge in [0.1, 0.15) is 6.04 Å². The van der Waals surface area contributed by atoms with Gasteiger partial charge in [0.25, 0.3) is 0 Å². The number of benzene rings is 1. The number of aromatic nitrogens is 2. The van der Waals surface area contributed by atoms with Gasteiger partial charge in [0.05, 0.1) is 11.0 Å². The van der Waals surface area contributed by atoms with Gasteiger partial charge in [0.2, 0.25) is 11.9 Å². The lowest BCUT2D eigenvalue weighted by Crippen LogP contribution is -2.42. The lowest BCUT2D eigenvalue weighted by molar-refractivity contribution is -0.120. The van der Waals surface area contributed by atoms with Gasteiger partial charge in [-0.1, -0.05) is 11.6 Å². The minimum Gasteiger partial charge on any atom is -0.465 e.